The average Bonchev–Trinajstić information content (AvgIpc) is 2.71. The van der Waals surface area contributed by atoms with Crippen LogP contribution < -0.4 is 31.9 Å². The van der Waals surface area contributed by atoms with E-state index in [1.807, 2.05) is 13.8 Å². The van der Waals surface area contributed by atoms with Gasteiger partial charge in [-0.1, -0.05) is 13.8 Å². The van der Waals surface area contributed by atoms with Gasteiger partial charge in [-0.15, -0.1) is 0 Å². The van der Waals surface area contributed by atoms with Gasteiger partial charge >= 0.3 is 5.69 Å². The van der Waals surface area contributed by atoms with E-state index < -0.39 is 41.1 Å². The molecule has 0 unspecified atom stereocenters. The van der Waals surface area contributed by atoms with Crippen molar-refractivity contribution in [2.24, 2.45) is 5.92 Å². The van der Waals surface area contributed by atoms with Crippen molar-refractivity contribution in [1.82, 2.24) is 9.55 Å². The molecule has 0 fully saturated rings. The van der Waals surface area contributed by atoms with E-state index in [1.165, 1.54) is 11.7 Å². The monoisotopic (exact) mass is 455 g/mol. The molecule has 1 aromatic heterocycles. The van der Waals surface area contributed by atoms with Gasteiger partial charge < -0.3 is 25.4 Å². The minimum absolute atomic E-state index is 0.00694. The van der Waals surface area contributed by atoms with Gasteiger partial charge in [-0.3, -0.25) is 19.1 Å². The van der Waals surface area contributed by atoms with Crippen molar-refractivity contribution in [2.45, 2.75) is 20.4 Å². The molecule has 0 bridgehead atoms. The van der Waals surface area contributed by atoms with Crippen LogP contribution in [0.2, 0.25) is 0 Å². The largest absolute Gasteiger partial charge is 0.491 e. The first-order valence-corrected chi connectivity index (χ1v) is 9.79. The van der Waals surface area contributed by atoms with Crippen LogP contribution in [0.3, 0.4) is 0 Å². The number of hydrogen-bond acceptors (Lipinski definition) is 7. The summed E-state index contributed by atoms with van der Waals surface area (Å²) in [5.74, 6) is -3.20. The van der Waals surface area contributed by atoms with Crippen molar-refractivity contribution in [2.75, 3.05) is 49.9 Å². The van der Waals surface area contributed by atoms with Gasteiger partial charge in [0.1, 0.15) is 5.82 Å². The molecule has 0 saturated heterocycles. The minimum atomic E-state index is -0.944. The zero-order valence-electron chi connectivity index (χ0n) is 18.3. The molecule has 0 radical (unpaired) electrons. The Hall–Kier alpha value is -3.41. The Morgan fingerprint density at radius 3 is 2.41 bits per heavy atom. The maximum Gasteiger partial charge on any atom is 0.330 e. The highest BCUT2D eigenvalue weighted by Gasteiger charge is 2.24. The number of rotatable bonds is 10. The number of nitrogens with one attached hydrogen (secondary N) is 2. The van der Waals surface area contributed by atoms with E-state index in [-0.39, 0.29) is 42.8 Å². The molecule has 1 aromatic carbocycles. The topological polar surface area (TPSA) is 132 Å². The van der Waals surface area contributed by atoms with Crippen molar-refractivity contribution in [1.29, 1.82) is 0 Å². The lowest BCUT2D eigenvalue weighted by molar-refractivity contribution is -0.117. The van der Waals surface area contributed by atoms with E-state index >= 15 is 0 Å². The first-order chi connectivity index (χ1) is 15.1. The van der Waals surface area contributed by atoms with Crippen LogP contribution in [0.4, 0.5) is 26.0 Å². The van der Waals surface area contributed by atoms with Gasteiger partial charge in [0.2, 0.25) is 5.91 Å². The third kappa shape index (κ3) is 5.63. The molecule has 1 amide bonds. The molecule has 32 heavy (non-hydrogen) atoms. The summed E-state index contributed by atoms with van der Waals surface area (Å²) in [4.78, 5) is 40.9. The number of nitrogens with two attached hydrogens (primary N) is 1. The number of carbonyl (C=O) groups excluding carboxylic acids is 1. The van der Waals surface area contributed by atoms with E-state index in [9.17, 15) is 23.2 Å². The second-order valence-electron chi connectivity index (χ2n) is 7.36. The summed E-state index contributed by atoms with van der Waals surface area (Å²) in [6, 6.07) is 1.94. The third-order valence-electron chi connectivity index (χ3n) is 4.50. The molecule has 0 spiro atoms. The minimum Gasteiger partial charge on any atom is -0.491 e. The fourth-order valence-electron chi connectivity index (χ4n) is 3.06. The van der Waals surface area contributed by atoms with Crippen LogP contribution in [0.1, 0.15) is 13.8 Å². The number of carbonyl (C=O) groups is 1. The average molecular weight is 455 g/mol. The van der Waals surface area contributed by atoms with E-state index in [0.717, 1.165) is 24.1 Å². The predicted octanol–water partition coefficient (Wildman–Crippen LogP) is 1.15. The number of aromatic nitrogens is 2. The lowest BCUT2D eigenvalue weighted by atomic mass is 10.2. The van der Waals surface area contributed by atoms with Crippen LogP contribution >= 0.6 is 0 Å². The predicted molar refractivity (Wildman–Crippen MR) is 116 cm³/mol. The van der Waals surface area contributed by atoms with Crippen LogP contribution in [0.5, 0.6) is 5.75 Å². The number of halogens is 2. The molecule has 2 rings (SSSR count). The number of nitrogen functional groups attached to an aromatic ring is 1. The first-order valence-electron chi connectivity index (χ1n) is 9.79. The molecule has 1 heterocycles. The Balaban J connectivity index is 2.37. The molecule has 0 atom stereocenters. The van der Waals surface area contributed by atoms with E-state index in [1.54, 1.807) is 0 Å². The molecule has 10 nitrogen and oxygen atoms in total. The fraction of sp³-hybridized carbons (Fsp3) is 0.450. The van der Waals surface area contributed by atoms with Gasteiger partial charge in [-0.2, -0.15) is 0 Å². The number of aromatic amines is 1. The third-order valence-corrected chi connectivity index (χ3v) is 4.50. The van der Waals surface area contributed by atoms with Crippen molar-refractivity contribution in [3.63, 3.8) is 0 Å². The molecule has 0 aliphatic heterocycles. The molecule has 0 saturated carbocycles. The quantitative estimate of drug-likeness (QED) is 0.490. The lowest BCUT2D eigenvalue weighted by Crippen LogP contribution is -2.44. The standard InChI is InChI=1S/C20H27F2N5O5/c1-11(2)10-27-18(23)16(19(29)25-20(27)30)26(5-6-31-3)15(28)9-24-12-7-13(21)17(32-4)14(22)8-12/h7-8,11,24H,5-6,9-10,23H2,1-4H3,(H,25,29,30). The van der Waals surface area contributed by atoms with Crippen molar-refractivity contribution in [3.8, 4) is 5.75 Å². The highest BCUT2D eigenvalue weighted by Crippen LogP contribution is 2.25. The number of nitrogens with zero attached hydrogens (tertiary/aromatic N) is 2. The van der Waals surface area contributed by atoms with Crippen LogP contribution in [0, 0.1) is 17.6 Å². The molecule has 0 aliphatic rings. The summed E-state index contributed by atoms with van der Waals surface area (Å²) in [6.45, 7) is 3.55. The summed E-state index contributed by atoms with van der Waals surface area (Å²) in [5.41, 5.74) is 4.36. The number of hydrogen-bond donors (Lipinski definition) is 3. The van der Waals surface area contributed by atoms with E-state index in [4.69, 9.17) is 10.5 Å². The Kier molecular flexibility index (Phi) is 8.35. The van der Waals surface area contributed by atoms with Crippen LogP contribution in [-0.4, -0.2) is 49.4 Å². The van der Waals surface area contributed by atoms with Gasteiger partial charge in [0.05, 0.1) is 20.3 Å². The molecule has 12 heteroatoms. The zero-order valence-corrected chi connectivity index (χ0v) is 18.3. The maximum atomic E-state index is 13.9. The van der Waals surface area contributed by atoms with E-state index in [0.29, 0.717) is 0 Å². The highest BCUT2D eigenvalue weighted by molar-refractivity contribution is 5.98. The summed E-state index contributed by atoms with van der Waals surface area (Å²) in [7, 11) is 2.55. The summed E-state index contributed by atoms with van der Waals surface area (Å²) in [6.07, 6.45) is 0. The molecule has 2 aromatic rings. The maximum absolute atomic E-state index is 13.9. The van der Waals surface area contributed by atoms with Crippen LogP contribution in [0.15, 0.2) is 21.7 Å². The normalized spacial score (nSPS) is 11.0. The zero-order chi connectivity index (χ0) is 24.0. The summed E-state index contributed by atoms with van der Waals surface area (Å²) in [5, 5.41) is 2.61. The van der Waals surface area contributed by atoms with Gasteiger partial charge in [-0.05, 0) is 5.92 Å². The highest BCUT2D eigenvalue weighted by atomic mass is 19.1. The molecule has 0 aliphatic carbocycles. The second-order valence-corrected chi connectivity index (χ2v) is 7.36. The molecule has 176 valence electrons. The molecular formula is C20H27F2N5O5. The molecular weight excluding hydrogens is 428 g/mol. The van der Waals surface area contributed by atoms with Gasteiger partial charge in [0.25, 0.3) is 5.56 Å². The van der Waals surface area contributed by atoms with Crippen LogP contribution in [0.25, 0.3) is 0 Å². The Labute approximate surface area is 182 Å². The van der Waals surface area contributed by atoms with E-state index in [2.05, 4.69) is 15.0 Å². The van der Waals surface area contributed by atoms with Gasteiger partial charge in [-0.25, -0.2) is 13.6 Å². The second kappa shape index (κ2) is 10.8. The SMILES string of the molecule is COCCN(C(=O)CNc1cc(F)c(OC)c(F)c1)c1c(N)n(CC(C)C)c(=O)[nH]c1=O. The number of amides is 1. The van der Waals surface area contributed by atoms with Crippen LogP contribution in [-0.2, 0) is 16.1 Å². The number of benzene rings is 1. The number of ether oxygens (including phenoxy) is 2. The Morgan fingerprint density at radius 2 is 1.88 bits per heavy atom. The number of methoxy groups -OCH3 is 2. The first kappa shape index (κ1) is 24.9. The number of anilines is 3. The number of H-pyrrole nitrogens is 1. The Morgan fingerprint density at radius 1 is 1.25 bits per heavy atom. The van der Waals surface area contributed by atoms with Crippen molar-refractivity contribution in [3.05, 3.63) is 44.6 Å². The van der Waals surface area contributed by atoms with Gasteiger partial charge in [0.15, 0.2) is 23.1 Å². The summed E-state index contributed by atoms with van der Waals surface area (Å²) >= 11 is 0. The smallest absolute Gasteiger partial charge is 0.330 e. The molecule has 4 N–H and O–H groups in total. The fourth-order valence-corrected chi connectivity index (χ4v) is 3.06. The lowest BCUT2D eigenvalue weighted by Gasteiger charge is -2.25. The van der Waals surface area contributed by atoms with Crippen molar-refractivity contribution < 1.29 is 23.0 Å². The van der Waals surface area contributed by atoms with Crippen molar-refractivity contribution >= 4 is 23.1 Å². The summed E-state index contributed by atoms with van der Waals surface area (Å²) < 4.78 is 38.6. The Bertz CT molecular complexity index is 1060. The van der Waals surface area contributed by atoms with Gasteiger partial charge in [0, 0.05) is 38.0 Å².